The molecule has 0 aromatic heterocycles. The van der Waals surface area contributed by atoms with E-state index in [2.05, 4.69) is 41.2 Å². The van der Waals surface area contributed by atoms with Crippen LogP contribution < -0.4 is 4.90 Å². The zero-order valence-electron chi connectivity index (χ0n) is 9.32. The molecule has 0 saturated carbocycles. The quantitative estimate of drug-likeness (QED) is 0.683. The monoisotopic (exact) mass is 202 g/mol. The Morgan fingerprint density at radius 3 is 2.67 bits per heavy atom. The topological polar surface area (TPSA) is 15.6 Å². The van der Waals surface area contributed by atoms with Gasteiger partial charge in [0.15, 0.2) is 0 Å². The average molecular weight is 202 g/mol. The number of para-hydroxylation sites is 1. The van der Waals surface area contributed by atoms with Gasteiger partial charge in [0, 0.05) is 25.7 Å². The predicted octanol–water partition coefficient (Wildman–Crippen LogP) is 3.10. The van der Waals surface area contributed by atoms with Crippen LogP contribution >= 0.6 is 0 Å². The Kier molecular flexibility index (Phi) is 3.38. The summed E-state index contributed by atoms with van der Waals surface area (Å²) < 4.78 is 0. The molecule has 0 radical (unpaired) electrons. The first-order valence-corrected chi connectivity index (χ1v) is 5.70. The summed E-state index contributed by atoms with van der Waals surface area (Å²) in [4.78, 5) is 6.86. The Labute approximate surface area is 91.6 Å². The number of hydrogen-bond donors (Lipinski definition) is 0. The number of amidine groups is 1. The van der Waals surface area contributed by atoms with Gasteiger partial charge in [-0.15, -0.1) is 0 Å². The number of nitrogens with zero attached hydrogens (tertiary/aromatic N) is 2. The van der Waals surface area contributed by atoms with E-state index in [-0.39, 0.29) is 0 Å². The van der Waals surface area contributed by atoms with Gasteiger partial charge in [-0.05, 0) is 25.0 Å². The van der Waals surface area contributed by atoms with E-state index in [1.807, 2.05) is 6.07 Å². The molecule has 0 fully saturated rings. The first-order valence-electron chi connectivity index (χ1n) is 5.70. The van der Waals surface area contributed by atoms with Crippen molar-refractivity contribution in [3.63, 3.8) is 0 Å². The number of rotatable bonds is 1. The number of anilines is 1. The van der Waals surface area contributed by atoms with E-state index in [9.17, 15) is 0 Å². The molecule has 0 aliphatic carbocycles. The van der Waals surface area contributed by atoms with Crippen molar-refractivity contribution in [2.75, 3.05) is 18.5 Å². The van der Waals surface area contributed by atoms with Crippen molar-refractivity contribution >= 4 is 11.5 Å². The molecule has 0 saturated heterocycles. The Morgan fingerprint density at radius 1 is 1.07 bits per heavy atom. The fourth-order valence-corrected chi connectivity index (χ4v) is 1.93. The van der Waals surface area contributed by atoms with Crippen LogP contribution in [0.15, 0.2) is 35.3 Å². The van der Waals surface area contributed by atoms with E-state index >= 15 is 0 Å². The third-order valence-corrected chi connectivity index (χ3v) is 2.88. The molecule has 1 aliphatic rings. The second-order valence-electron chi connectivity index (χ2n) is 4.00. The van der Waals surface area contributed by atoms with Crippen molar-refractivity contribution in [2.45, 2.75) is 25.7 Å². The Bertz CT molecular complexity index is 330. The molecule has 15 heavy (non-hydrogen) atoms. The molecule has 2 nitrogen and oxygen atoms in total. The second kappa shape index (κ2) is 4.96. The highest BCUT2D eigenvalue weighted by atomic mass is 15.2. The van der Waals surface area contributed by atoms with E-state index in [4.69, 9.17) is 0 Å². The highest BCUT2D eigenvalue weighted by Crippen LogP contribution is 2.16. The lowest BCUT2D eigenvalue weighted by molar-refractivity contribution is 0.730. The van der Waals surface area contributed by atoms with Crippen LogP contribution in [0.5, 0.6) is 0 Å². The highest BCUT2D eigenvalue weighted by molar-refractivity contribution is 5.97. The fraction of sp³-hybridized carbons (Fsp3) is 0.462. The van der Waals surface area contributed by atoms with Crippen LogP contribution in [-0.4, -0.2) is 19.4 Å². The van der Waals surface area contributed by atoms with Gasteiger partial charge in [0.1, 0.15) is 5.84 Å². The van der Waals surface area contributed by atoms with E-state index in [0.29, 0.717) is 0 Å². The Hall–Kier alpha value is -1.31. The third kappa shape index (κ3) is 2.58. The van der Waals surface area contributed by atoms with Gasteiger partial charge in [0.2, 0.25) is 0 Å². The molecule has 0 unspecified atom stereocenters. The molecule has 1 heterocycles. The number of hydrogen-bond acceptors (Lipinski definition) is 2. The highest BCUT2D eigenvalue weighted by Gasteiger charge is 2.10. The SMILES string of the molecule is CN(C1=NCCCCC1)c1ccccc1. The molecular formula is C13H18N2. The first-order chi connectivity index (χ1) is 7.38. The fourth-order valence-electron chi connectivity index (χ4n) is 1.93. The van der Waals surface area contributed by atoms with Crippen LogP contribution in [-0.2, 0) is 0 Å². The minimum atomic E-state index is 0.993. The second-order valence-corrected chi connectivity index (χ2v) is 4.00. The lowest BCUT2D eigenvalue weighted by atomic mass is 10.2. The summed E-state index contributed by atoms with van der Waals surface area (Å²) in [5.41, 5.74) is 1.23. The molecule has 1 aromatic rings. The van der Waals surface area contributed by atoms with Crippen molar-refractivity contribution in [1.29, 1.82) is 0 Å². The number of aliphatic imine (C=N–C) groups is 1. The van der Waals surface area contributed by atoms with Gasteiger partial charge in [-0.3, -0.25) is 4.99 Å². The van der Waals surface area contributed by atoms with Crippen molar-refractivity contribution in [3.8, 4) is 0 Å². The van der Waals surface area contributed by atoms with Gasteiger partial charge in [-0.25, -0.2) is 0 Å². The van der Waals surface area contributed by atoms with Gasteiger partial charge in [-0.1, -0.05) is 24.6 Å². The van der Waals surface area contributed by atoms with E-state index in [0.717, 1.165) is 13.0 Å². The van der Waals surface area contributed by atoms with E-state index in [1.54, 1.807) is 0 Å². The molecule has 1 aliphatic heterocycles. The largest absolute Gasteiger partial charge is 0.333 e. The Balaban J connectivity index is 2.13. The molecule has 2 heteroatoms. The minimum absolute atomic E-state index is 0.993. The summed E-state index contributed by atoms with van der Waals surface area (Å²) in [5.74, 6) is 1.23. The van der Waals surface area contributed by atoms with Crippen molar-refractivity contribution in [3.05, 3.63) is 30.3 Å². The van der Waals surface area contributed by atoms with Crippen molar-refractivity contribution in [2.24, 2.45) is 4.99 Å². The smallest absolute Gasteiger partial charge is 0.103 e. The standard InChI is InChI=1S/C13H18N2/c1-15(12-8-4-2-5-9-12)13-10-6-3-7-11-14-13/h2,4-5,8-9H,3,6-7,10-11H2,1H3. The van der Waals surface area contributed by atoms with Crippen LogP contribution in [0.2, 0.25) is 0 Å². The van der Waals surface area contributed by atoms with Gasteiger partial charge >= 0.3 is 0 Å². The summed E-state index contributed by atoms with van der Waals surface area (Å²) in [6, 6.07) is 10.5. The maximum Gasteiger partial charge on any atom is 0.103 e. The van der Waals surface area contributed by atoms with Gasteiger partial charge in [0.25, 0.3) is 0 Å². The van der Waals surface area contributed by atoms with Crippen LogP contribution in [0.4, 0.5) is 5.69 Å². The average Bonchev–Trinajstić information content (AvgIpc) is 2.58. The summed E-state index contributed by atoms with van der Waals surface area (Å²) in [5, 5.41) is 0. The molecule has 80 valence electrons. The first kappa shape index (κ1) is 10.2. The van der Waals surface area contributed by atoms with Crippen molar-refractivity contribution in [1.82, 2.24) is 0 Å². The normalized spacial score (nSPS) is 16.7. The lowest BCUT2D eigenvalue weighted by Crippen LogP contribution is -2.25. The summed E-state index contributed by atoms with van der Waals surface area (Å²) in [7, 11) is 2.11. The van der Waals surface area contributed by atoms with Crippen LogP contribution in [0.1, 0.15) is 25.7 Å². The zero-order valence-corrected chi connectivity index (χ0v) is 9.32. The summed E-state index contributed by atoms with van der Waals surface area (Å²) in [6.07, 6.45) is 4.95. The molecular weight excluding hydrogens is 184 g/mol. The summed E-state index contributed by atoms with van der Waals surface area (Å²) >= 11 is 0. The van der Waals surface area contributed by atoms with Gasteiger partial charge < -0.3 is 4.90 Å². The molecule has 2 rings (SSSR count). The summed E-state index contributed by atoms with van der Waals surface area (Å²) in [6.45, 7) is 0.993. The maximum absolute atomic E-state index is 4.64. The molecule has 0 spiro atoms. The number of benzene rings is 1. The van der Waals surface area contributed by atoms with Crippen LogP contribution in [0, 0.1) is 0 Å². The van der Waals surface area contributed by atoms with Crippen LogP contribution in [0.25, 0.3) is 0 Å². The molecule has 0 bridgehead atoms. The third-order valence-electron chi connectivity index (χ3n) is 2.88. The molecule has 0 atom stereocenters. The molecule has 0 amide bonds. The molecule has 1 aromatic carbocycles. The van der Waals surface area contributed by atoms with Crippen LogP contribution in [0.3, 0.4) is 0 Å². The minimum Gasteiger partial charge on any atom is -0.333 e. The molecule has 0 N–H and O–H groups in total. The van der Waals surface area contributed by atoms with E-state index in [1.165, 1.54) is 30.8 Å². The van der Waals surface area contributed by atoms with Gasteiger partial charge in [-0.2, -0.15) is 0 Å². The lowest BCUT2D eigenvalue weighted by Gasteiger charge is -2.20. The maximum atomic E-state index is 4.64. The van der Waals surface area contributed by atoms with Gasteiger partial charge in [0.05, 0.1) is 0 Å². The zero-order chi connectivity index (χ0) is 10.5. The predicted molar refractivity (Wildman–Crippen MR) is 65.6 cm³/mol. The Morgan fingerprint density at radius 2 is 1.87 bits per heavy atom. The van der Waals surface area contributed by atoms with Crippen molar-refractivity contribution < 1.29 is 0 Å². The van der Waals surface area contributed by atoms with E-state index < -0.39 is 0 Å².